The van der Waals surface area contributed by atoms with Crippen LogP contribution < -0.4 is 0 Å². The lowest BCUT2D eigenvalue weighted by Crippen LogP contribution is -2.27. The number of hydrogen-bond donors (Lipinski definition) is 0. The second kappa shape index (κ2) is 3.98. The Balaban J connectivity index is 4.16. The minimum Gasteiger partial charge on any atom is -0.171 e. The summed E-state index contributed by atoms with van der Waals surface area (Å²) in [7, 11) is 0. The normalized spacial score (nSPS) is 18.0. The highest BCUT2D eigenvalue weighted by Crippen LogP contribution is 2.35. The fraction of sp³-hybridized carbons (Fsp3) is 1.00. The zero-order valence-electron chi connectivity index (χ0n) is 7.20. The van der Waals surface area contributed by atoms with E-state index in [1.54, 1.807) is 20.8 Å². The average molecular weight is 168 g/mol. The molecule has 0 nitrogen and oxygen atoms in total. The van der Waals surface area contributed by atoms with Gasteiger partial charge in [0.25, 0.3) is 0 Å². The molecule has 0 rings (SSSR count). The van der Waals surface area contributed by atoms with E-state index in [1.807, 2.05) is 0 Å². The third-order valence-corrected chi connectivity index (χ3v) is 2.19. The Kier molecular flexibility index (Phi) is 3.90. The number of halogens is 3. The molecule has 0 heterocycles. The molecule has 0 fully saturated rings. The van der Waals surface area contributed by atoms with E-state index in [1.165, 1.54) is 0 Å². The Hall–Kier alpha value is -0.210. The lowest BCUT2D eigenvalue weighted by Gasteiger charge is -2.23. The van der Waals surface area contributed by atoms with E-state index in [0.717, 1.165) is 0 Å². The Labute approximate surface area is 65.8 Å². The summed E-state index contributed by atoms with van der Waals surface area (Å²) in [6, 6.07) is 0. The summed E-state index contributed by atoms with van der Waals surface area (Å²) >= 11 is 0. The molecule has 0 saturated heterocycles. The summed E-state index contributed by atoms with van der Waals surface area (Å²) in [5.74, 6) is -1.37. The molecule has 0 saturated carbocycles. The van der Waals surface area contributed by atoms with Gasteiger partial charge in [0.2, 0.25) is 0 Å². The molecular weight excluding hydrogens is 153 g/mol. The van der Waals surface area contributed by atoms with Gasteiger partial charge in [0.1, 0.15) is 0 Å². The van der Waals surface area contributed by atoms with Gasteiger partial charge in [0, 0.05) is 0 Å². The van der Waals surface area contributed by atoms with Crippen LogP contribution in [0.3, 0.4) is 0 Å². The first-order valence-corrected chi connectivity index (χ1v) is 4.00. The molecule has 0 N–H and O–H groups in total. The summed E-state index contributed by atoms with van der Waals surface area (Å²) in [5.41, 5.74) is 0. The van der Waals surface area contributed by atoms with Gasteiger partial charge in [-0.15, -0.1) is 0 Å². The smallest absolute Gasteiger partial charge is 0.171 e. The molecule has 0 spiro atoms. The molecule has 0 aliphatic rings. The van der Waals surface area contributed by atoms with Crippen LogP contribution in [0, 0.1) is 11.8 Å². The lowest BCUT2D eigenvalue weighted by molar-refractivity contribution is -0.188. The molecule has 0 aromatic heterocycles. The van der Waals surface area contributed by atoms with E-state index in [4.69, 9.17) is 0 Å². The van der Waals surface area contributed by atoms with Gasteiger partial charge in [0.15, 0.2) is 0 Å². The largest absolute Gasteiger partial charge is 0.392 e. The van der Waals surface area contributed by atoms with Gasteiger partial charge >= 0.3 is 6.18 Å². The van der Waals surface area contributed by atoms with Crippen molar-refractivity contribution in [2.45, 2.75) is 39.8 Å². The van der Waals surface area contributed by atoms with E-state index in [2.05, 4.69) is 0 Å². The molecule has 0 aliphatic heterocycles. The summed E-state index contributed by atoms with van der Waals surface area (Å²) < 4.78 is 36.5. The Morgan fingerprint density at radius 2 is 1.55 bits per heavy atom. The van der Waals surface area contributed by atoms with Crippen LogP contribution >= 0.6 is 0 Å². The zero-order valence-corrected chi connectivity index (χ0v) is 7.20. The molecule has 0 radical (unpaired) electrons. The van der Waals surface area contributed by atoms with E-state index < -0.39 is 12.1 Å². The third-order valence-electron chi connectivity index (χ3n) is 2.19. The van der Waals surface area contributed by atoms with Crippen LogP contribution in [-0.2, 0) is 0 Å². The molecule has 0 aromatic carbocycles. The maximum atomic E-state index is 12.2. The second-order valence-corrected chi connectivity index (χ2v) is 2.94. The van der Waals surface area contributed by atoms with Crippen molar-refractivity contribution in [1.29, 1.82) is 0 Å². The van der Waals surface area contributed by atoms with Crippen LogP contribution in [0.4, 0.5) is 13.2 Å². The highest BCUT2D eigenvalue weighted by Gasteiger charge is 2.40. The SMILES string of the molecule is CCC(C)C(CC)C(F)(F)F. The van der Waals surface area contributed by atoms with E-state index in [-0.39, 0.29) is 12.3 Å². The summed E-state index contributed by atoms with van der Waals surface area (Å²) in [5, 5.41) is 0. The highest BCUT2D eigenvalue weighted by atomic mass is 19.4. The quantitative estimate of drug-likeness (QED) is 0.603. The van der Waals surface area contributed by atoms with Crippen LogP contribution in [0.25, 0.3) is 0 Å². The molecule has 2 atom stereocenters. The molecule has 0 aliphatic carbocycles. The first-order chi connectivity index (χ1) is 4.93. The summed E-state index contributed by atoms with van der Waals surface area (Å²) in [6.07, 6.45) is -3.22. The van der Waals surface area contributed by atoms with Gasteiger partial charge in [-0.05, 0) is 12.3 Å². The molecule has 11 heavy (non-hydrogen) atoms. The Morgan fingerprint density at radius 3 is 1.64 bits per heavy atom. The fourth-order valence-corrected chi connectivity index (χ4v) is 1.24. The maximum Gasteiger partial charge on any atom is 0.392 e. The predicted octanol–water partition coefficient (Wildman–Crippen LogP) is 3.62. The van der Waals surface area contributed by atoms with E-state index in [0.29, 0.717) is 6.42 Å². The van der Waals surface area contributed by atoms with E-state index in [9.17, 15) is 13.2 Å². The first-order valence-electron chi connectivity index (χ1n) is 4.00. The van der Waals surface area contributed by atoms with Crippen LogP contribution in [0.5, 0.6) is 0 Å². The zero-order chi connectivity index (χ0) is 9.07. The van der Waals surface area contributed by atoms with Crippen LogP contribution in [0.2, 0.25) is 0 Å². The minimum atomic E-state index is -4.01. The first kappa shape index (κ1) is 10.8. The van der Waals surface area contributed by atoms with Gasteiger partial charge in [-0.3, -0.25) is 0 Å². The average Bonchev–Trinajstić information content (AvgIpc) is 1.86. The number of alkyl halides is 3. The predicted molar refractivity (Wildman–Crippen MR) is 39.3 cm³/mol. The topological polar surface area (TPSA) is 0 Å². The summed E-state index contributed by atoms with van der Waals surface area (Å²) in [6.45, 7) is 5.03. The van der Waals surface area contributed by atoms with Gasteiger partial charge in [-0.1, -0.05) is 27.2 Å². The van der Waals surface area contributed by atoms with Crippen molar-refractivity contribution in [1.82, 2.24) is 0 Å². The van der Waals surface area contributed by atoms with Gasteiger partial charge in [0.05, 0.1) is 5.92 Å². The van der Waals surface area contributed by atoms with Gasteiger partial charge in [-0.25, -0.2) is 0 Å². The Morgan fingerprint density at radius 1 is 1.09 bits per heavy atom. The number of rotatable bonds is 3. The van der Waals surface area contributed by atoms with Crippen LogP contribution in [-0.4, -0.2) is 6.18 Å². The van der Waals surface area contributed by atoms with Crippen molar-refractivity contribution in [3.63, 3.8) is 0 Å². The van der Waals surface area contributed by atoms with Crippen molar-refractivity contribution >= 4 is 0 Å². The van der Waals surface area contributed by atoms with E-state index >= 15 is 0 Å². The van der Waals surface area contributed by atoms with Gasteiger partial charge in [-0.2, -0.15) is 13.2 Å². The van der Waals surface area contributed by atoms with Crippen LogP contribution in [0.15, 0.2) is 0 Å². The molecule has 0 amide bonds. The molecular formula is C8H15F3. The van der Waals surface area contributed by atoms with Crippen molar-refractivity contribution in [3.8, 4) is 0 Å². The second-order valence-electron chi connectivity index (χ2n) is 2.94. The van der Waals surface area contributed by atoms with Crippen molar-refractivity contribution in [2.24, 2.45) is 11.8 Å². The van der Waals surface area contributed by atoms with Crippen molar-refractivity contribution < 1.29 is 13.2 Å². The van der Waals surface area contributed by atoms with Crippen molar-refractivity contribution in [2.75, 3.05) is 0 Å². The molecule has 3 heteroatoms. The molecule has 0 bridgehead atoms. The fourth-order valence-electron chi connectivity index (χ4n) is 1.24. The van der Waals surface area contributed by atoms with Gasteiger partial charge < -0.3 is 0 Å². The number of hydrogen-bond acceptors (Lipinski definition) is 0. The Bertz CT molecular complexity index is 106. The highest BCUT2D eigenvalue weighted by molar-refractivity contribution is 4.70. The monoisotopic (exact) mass is 168 g/mol. The van der Waals surface area contributed by atoms with Crippen molar-refractivity contribution in [3.05, 3.63) is 0 Å². The molecule has 2 unspecified atom stereocenters. The lowest BCUT2D eigenvalue weighted by atomic mass is 9.89. The summed E-state index contributed by atoms with van der Waals surface area (Å²) in [4.78, 5) is 0. The maximum absolute atomic E-state index is 12.2. The molecule has 0 aromatic rings. The standard InChI is InChI=1S/C8H15F3/c1-4-6(3)7(5-2)8(9,10)11/h6-7H,4-5H2,1-3H3. The third kappa shape index (κ3) is 3.12. The molecule has 68 valence electrons. The minimum absolute atomic E-state index is 0.193. The van der Waals surface area contributed by atoms with Crippen LogP contribution in [0.1, 0.15) is 33.6 Å².